The van der Waals surface area contributed by atoms with E-state index in [9.17, 15) is 14.8 Å². The molecule has 0 aliphatic carbocycles. The van der Waals surface area contributed by atoms with Gasteiger partial charge in [0, 0.05) is 11.6 Å². The lowest BCUT2D eigenvalue weighted by Gasteiger charge is -2.09. The van der Waals surface area contributed by atoms with Gasteiger partial charge >= 0.3 is 0 Å². The molecule has 0 saturated carbocycles. The third kappa shape index (κ3) is 4.54. The summed E-state index contributed by atoms with van der Waals surface area (Å²) in [5.74, 6) is 0.469. The van der Waals surface area contributed by atoms with Crippen LogP contribution in [0.15, 0.2) is 42.6 Å². The van der Waals surface area contributed by atoms with Crippen LogP contribution in [-0.2, 0) is 24.1 Å². The van der Waals surface area contributed by atoms with Crippen LogP contribution < -0.4 is 14.8 Å². The minimum absolute atomic E-state index is 0.236. The highest BCUT2D eigenvalue weighted by atomic mass is 32.2. The highest BCUT2D eigenvalue weighted by Gasteiger charge is 2.31. The smallest absolute Gasteiger partial charge is 0.286 e. The number of carbonyl (C=O) groups excluding carboxylic acids is 2. The van der Waals surface area contributed by atoms with Crippen LogP contribution in [0.25, 0.3) is 0 Å². The molecule has 1 saturated heterocycles. The number of pyridine rings is 1. The Bertz CT molecular complexity index is 808. The maximum Gasteiger partial charge on any atom is 0.286 e. The lowest BCUT2D eigenvalue weighted by molar-refractivity contribution is -0.614. The first-order valence-corrected chi connectivity index (χ1v) is 9.37. The molecule has 1 aliphatic heterocycles. The second-order valence-electron chi connectivity index (χ2n) is 6.04. The number of thioether (sulfide) groups is 1. The highest BCUT2D eigenvalue weighted by molar-refractivity contribution is 8.15. The predicted octanol–water partition coefficient (Wildman–Crippen LogP) is 2.40. The highest BCUT2D eigenvalue weighted by Crippen LogP contribution is 2.23. The molecular formula is C19H20N2O4S. The topological polar surface area (TPSA) is 82.3 Å². The number of carbonyl (C=O) groups is 2. The fourth-order valence-corrected chi connectivity index (χ4v) is 3.55. The third-order valence-electron chi connectivity index (χ3n) is 4.20. The lowest BCUT2D eigenvalue weighted by atomic mass is 10.1. The summed E-state index contributed by atoms with van der Waals surface area (Å²) in [6.07, 6.45) is 3.46. The van der Waals surface area contributed by atoms with Crippen molar-refractivity contribution in [3.05, 3.63) is 64.6 Å². The van der Waals surface area contributed by atoms with Crippen molar-refractivity contribution in [2.45, 2.75) is 31.4 Å². The average Bonchev–Trinajstić information content (AvgIpc) is 2.95. The number of benzene rings is 1. The maximum atomic E-state index is 11.9. The van der Waals surface area contributed by atoms with Gasteiger partial charge in [0.25, 0.3) is 5.24 Å². The summed E-state index contributed by atoms with van der Waals surface area (Å²) in [7, 11) is 0. The average molecular weight is 372 g/mol. The van der Waals surface area contributed by atoms with Gasteiger partial charge in [-0.1, -0.05) is 30.8 Å². The molecule has 1 unspecified atom stereocenters. The van der Waals surface area contributed by atoms with Crippen molar-refractivity contribution in [2.24, 2.45) is 0 Å². The van der Waals surface area contributed by atoms with E-state index in [1.54, 1.807) is 6.20 Å². The van der Waals surface area contributed by atoms with Crippen molar-refractivity contribution >= 4 is 22.9 Å². The zero-order valence-electron chi connectivity index (χ0n) is 14.4. The van der Waals surface area contributed by atoms with Crippen LogP contribution in [0.2, 0.25) is 0 Å². The van der Waals surface area contributed by atoms with Crippen LogP contribution >= 0.6 is 11.8 Å². The van der Waals surface area contributed by atoms with E-state index in [4.69, 9.17) is 4.74 Å². The Morgan fingerprint density at radius 2 is 1.88 bits per heavy atom. The molecule has 0 bridgehead atoms. The van der Waals surface area contributed by atoms with E-state index in [-0.39, 0.29) is 16.4 Å². The minimum Gasteiger partial charge on any atom is -0.618 e. The first-order valence-electron chi connectivity index (χ1n) is 8.49. The monoisotopic (exact) mass is 372 g/mol. The fourth-order valence-electron chi connectivity index (χ4n) is 2.69. The van der Waals surface area contributed by atoms with E-state index in [1.807, 2.05) is 43.3 Å². The molecular weight excluding hydrogens is 352 g/mol. The Morgan fingerprint density at radius 1 is 1.15 bits per heavy atom. The van der Waals surface area contributed by atoms with Crippen molar-refractivity contribution in [1.82, 2.24) is 5.32 Å². The summed E-state index contributed by atoms with van der Waals surface area (Å²) < 4.78 is 6.59. The van der Waals surface area contributed by atoms with Crippen molar-refractivity contribution in [1.29, 1.82) is 0 Å². The van der Waals surface area contributed by atoms with Crippen molar-refractivity contribution in [3.63, 3.8) is 0 Å². The van der Waals surface area contributed by atoms with Crippen LogP contribution in [0.1, 0.15) is 23.7 Å². The molecule has 1 N–H and O–H groups in total. The second kappa shape index (κ2) is 8.23. The molecule has 2 amide bonds. The largest absolute Gasteiger partial charge is 0.618 e. The second-order valence-corrected chi connectivity index (χ2v) is 7.21. The number of imide groups is 1. The molecule has 0 spiro atoms. The number of hydrogen-bond acceptors (Lipinski definition) is 5. The molecule has 26 heavy (non-hydrogen) atoms. The quantitative estimate of drug-likeness (QED) is 0.596. The van der Waals surface area contributed by atoms with Gasteiger partial charge in [-0.15, -0.1) is 0 Å². The van der Waals surface area contributed by atoms with Gasteiger partial charge in [0.15, 0.2) is 11.9 Å². The molecule has 136 valence electrons. The van der Waals surface area contributed by atoms with Gasteiger partial charge in [0.1, 0.15) is 5.75 Å². The number of ether oxygens (including phenoxy) is 1. The van der Waals surface area contributed by atoms with E-state index < -0.39 is 0 Å². The molecule has 7 heteroatoms. The predicted molar refractivity (Wildman–Crippen MR) is 99.0 cm³/mol. The Morgan fingerprint density at radius 3 is 2.50 bits per heavy atom. The number of nitrogens with zero attached hydrogens (tertiary/aromatic N) is 1. The molecule has 2 heterocycles. The van der Waals surface area contributed by atoms with E-state index >= 15 is 0 Å². The van der Waals surface area contributed by atoms with E-state index in [0.29, 0.717) is 30.9 Å². The van der Waals surface area contributed by atoms with Crippen molar-refractivity contribution in [3.8, 4) is 5.75 Å². The van der Waals surface area contributed by atoms with E-state index in [2.05, 4.69) is 5.32 Å². The van der Waals surface area contributed by atoms with Gasteiger partial charge in [-0.2, -0.15) is 4.73 Å². The van der Waals surface area contributed by atoms with Gasteiger partial charge in [0.05, 0.1) is 18.3 Å². The van der Waals surface area contributed by atoms with Gasteiger partial charge in [-0.25, -0.2) is 0 Å². The SMILES string of the molecule is CCc1ccc(CCOc2ccc(CC3SC(=O)NC3=O)cc2)[n+]([O-])c1. The molecule has 3 rings (SSSR count). The zero-order valence-corrected chi connectivity index (χ0v) is 15.3. The number of aromatic nitrogens is 1. The van der Waals surface area contributed by atoms with Gasteiger partial charge in [-0.3, -0.25) is 14.9 Å². The first-order chi connectivity index (χ1) is 12.5. The van der Waals surface area contributed by atoms with Crippen molar-refractivity contribution in [2.75, 3.05) is 6.61 Å². The van der Waals surface area contributed by atoms with E-state index in [1.165, 1.54) is 0 Å². The summed E-state index contributed by atoms with van der Waals surface area (Å²) in [5.41, 5.74) is 2.65. The molecule has 1 fully saturated rings. The van der Waals surface area contributed by atoms with Crippen LogP contribution in [0.4, 0.5) is 4.79 Å². The number of aryl methyl sites for hydroxylation is 1. The van der Waals surface area contributed by atoms with Crippen LogP contribution in [0, 0.1) is 5.21 Å². The standard InChI is InChI=1S/C19H20N2O4S/c1-2-13-3-6-15(21(24)12-13)9-10-25-16-7-4-14(5-8-16)11-17-18(22)20-19(23)26-17/h3-8,12,17H,2,9-11H2,1H3,(H,20,22,23). The first kappa shape index (κ1) is 18.3. The normalized spacial score (nSPS) is 16.6. The lowest BCUT2D eigenvalue weighted by Crippen LogP contribution is -2.32. The van der Waals surface area contributed by atoms with Gasteiger partial charge in [-0.05, 0) is 36.6 Å². The molecule has 1 aromatic carbocycles. The maximum absolute atomic E-state index is 11.9. The molecule has 1 aromatic heterocycles. The number of nitrogens with one attached hydrogen (secondary N) is 1. The summed E-state index contributed by atoms with van der Waals surface area (Å²) in [4.78, 5) is 22.8. The van der Waals surface area contributed by atoms with Gasteiger partial charge in [0.2, 0.25) is 5.91 Å². The Hall–Kier alpha value is -2.54. The summed E-state index contributed by atoms with van der Waals surface area (Å²) in [6, 6.07) is 11.2. The fraction of sp³-hybridized carbons (Fsp3) is 0.316. The van der Waals surface area contributed by atoms with Crippen LogP contribution in [0.3, 0.4) is 0 Å². The molecule has 6 nitrogen and oxygen atoms in total. The van der Waals surface area contributed by atoms with Crippen molar-refractivity contribution < 1.29 is 19.1 Å². The molecule has 0 radical (unpaired) electrons. The molecule has 2 aromatic rings. The Kier molecular flexibility index (Phi) is 5.78. The number of amides is 2. The van der Waals surface area contributed by atoms with Gasteiger partial charge < -0.3 is 9.94 Å². The Balaban J connectivity index is 1.50. The zero-order chi connectivity index (χ0) is 18.5. The molecule has 1 aliphatic rings. The summed E-state index contributed by atoms with van der Waals surface area (Å²) in [6.45, 7) is 2.42. The number of hydrogen-bond donors (Lipinski definition) is 1. The summed E-state index contributed by atoms with van der Waals surface area (Å²) >= 11 is 1.03. The van der Waals surface area contributed by atoms with E-state index in [0.717, 1.165) is 34.0 Å². The van der Waals surface area contributed by atoms with Crippen LogP contribution in [-0.4, -0.2) is 23.0 Å². The third-order valence-corrected chi connectivity index (χ3v) is 5.18. The summed E-state index contributed by atoms with van der Waals surface area (Å²) in [5, 5.41) is 13.5. The number of rotatable bonds is 7. The van der Waals surface area contributed by atoms with Crippen LogP contribution in [0.5, 0.6) is 5.75 Å². The Labute approximate surface area is 156 Å². The minimum atomic E-state index is -0.368. The molecule has 1 atom stereocenters.